The van der Waals surface area contributed by atoms with E-state index >= 15 is 0 Å². The van der Waals surface area contributed by atoms with Crippen LogP contribution in [0.4, 0.5) is 0 Å². The van der Waals surface area contributed by atoms with E-state index in [2.05, 4.69) is 35.0 Å². The predicted molar refractivity (Wildman–Crippen MR) is 117 cm³/mol. The van der Waals surface area contributed by atoms with E-state index < -0.39 is 0 Å². The van der Waals surface area contributed by atoms with Crippen molar-refractivity contribution in [2.45, 2.75) is 38.0 Å². The van der Waals surface area contributed by atoms with Crippen LogP contribution in [0.1, 0.15) is 38.2 Å². The summed E-state index contributed by atoms with van der Waals surface area (Å²) in [6, 6.07) is 8.11. The topological polar surface area (TPSA) is 65.5 Å². The monoisotopic (exact) mass is 490 g/mol. The minimum atomic E-state index is 0. The molecule has 0 aromatic heterocycles. The molecule has 7 heteroatoms. The van der Waals surface area contributed by atoms with Crippen molar-refractivity contribution in [2.24, 2.45) is 10.9 Å². The van der Waals surface area contributed by atoms with Gasteiger partial charge in [0.15, 0.2) is 5.96 Å². The van der Waals surface area contributed by atoms with Crippen LogP contribution in [0.2, 0.25) is 5.02 Å². The number of hydrogen-bond donors (Lipinski definition) is 3. The Bertz CT molecular complexity index is 644. The molecule has 0 heterocycles. The zero-order valence-electron chi connectivity index (χ0n) is 15.2. The van der Waals surface area contributed by atoms with Gasteiger partial charge in [-0.3, -0.25) is 9.79 Å². The van der Waals surface area contributed by atoms with E-state index in [9.17, 15) is 4.79 Å². The lowest BCUT2D eigenvalue weighted by Crippen LogP contribution is -2.42. The molecule has 5 nitrogen and oxygen atoms in total. The van der Waals surface area contributed by atoms with Gasteiger partial charge in [0, 0.05) is 36.0 Å². The molecule has 2 aliphatic carbocycles. The Morgan fingerprint density at radius 1 is 1.23 bits per heavy atom. The van der Waals surface area contributed by atoms with E-state index in [0.717, 1.165) is 49.8 Å². The highest BCUT2D eigenvalue weighted by molar-refractivity contribution is 14.0. The Hall–Kier alpha value is -1.02. The maximum atomic E-state index is 11.6. The van der Waals surface area contributed by atoms with Crippen molar-refractivity contribution in [3.05, 3.63) is 34.9 Å². The molecule has 0 aliphatic heterocycles. The number of guanidine groups is 1. The largest absolute Gasteiger partial charge is 0.357 e. The van der Waals surface area contributed by atoms with Gasteiger partial charge in [-0.15, -0.1) is 24.0 Å². The maximum absolute atomic E-state index is 11.6. The average Bonchev–Trinajstić information content (AvgIpc) is 3.49. The van der Waals surface area contributed by atoms with Crippen molar-refractivity contribution in [1.29, 1.82) is 0 Å². The van der Waals surface area contributed by atoms with Gasteiger partial charge >= 0.3 is 0 Å². The van der Waals surface area contributed by atoms with Crippen molar-refractivity contribution in [3.8, 4) is 0 Å². The Morgan fingerprint density at radius 2 is 1.96 bits per heavy atom. The van der Waals surface area contributed by atoms with Crippen molar-refractivity contribution in [3.63, 3.8) is 0 Å². The maximum Gasteiger partial charge on any atom is 0.223 e. The predicted octanol–water partition coefficient (Wildman–Crippen LogP) is 3.07. The standard InChI is InChI=1S/C19H27ClN4O.HI/c1-2-21-18(23-11-10-22-17(25)14-6-7-14)24-13-19(8-9-19)15-4-3-5-16(20)12-15;/h3-5,12,14H,2,6-11,13H2,1H3,(H,22,25)(H2,21,23,24);1H. The highest BCUT2D eigenvalue weighted by Crippen LogP contribution is 2.48. The summed E-state index contributed by atoms with van der Waals surface area (Å²) in [4.78, 5) is 16.4. The molecule has 0 saturated heterocycles. The molecule has 0 unspecified atom stereocenters. The molecule has 0 radical (unpaired) electrons. The first kappa shape index (κ1) is 21.3. The molecule has 26 heavy (non-hydrogen) atoms. The number of nitrogens with one attached hydrogen (secondary N) is 3. The SMILES string of the molecule is CCNC(=NCC1(c2cccc(Cl)c2)CC1)NCCNC(=O)C1CC1.I. The normalized spacial score (nSPS) is 17.8. The fourth-order valence-electron chi connectivity index (χ4n) is 2.94. The van der Waals surface area contributed by atoms with Crippen LogP contribution in [-0.2, 0) is 10.2 Å². The quantitative estimate of drug-likeness (QED) is 0.227. The Morgan fingerprint density at radius 3 is 2.58 bits per heavy atom. The van der Waals surface area contributed by atoms with E-state index in [1.54, 1.807) is 0 Å². The molecule has 0 bridgehead atoms. The third-order valence-electron chi connectivity index (χ3n) is 4.84. The lowest BCUT2D eigenvalue weighted by atomic mass is 9.96. The molecule has 0 spiro atoms. The van der Waals surface area contributed by atoms with Crippen LogP contribution in [0.5, 0.6) is 0 Å². The summed E-state index contributed by atoms with van der Waals surface area (Å²) in [6.45, 7) is 4.91. The van der Waals surface area contributed by atoms with Crippen LogP contribution in [0.15, 0.2) is 29.3 Å². The van der Waals surface area contributed by atoms with Gasteiger partial charge in [0.25, 0.3) is 0 Å². The van der Waals surface area contributed by atoms with Crippen molar-refractivity contribution < 1.29 is 4.79 Å². The minimum absolute atomic E-state index is 0. The number of nitrogens with zero attached hydrogens (tertiary/aromatic N) is 1. The van der Waals surface area contributed by atoms with Crippen LogP contribution in [0.25, 0.3) is 0 Å². The summed E-state index contributed by atoms with van der Waals surface area (Å²) in [5.74, 6) is 1.24. The number of rotatable bonds is 8. The highest BCUT2D eigenvalue weighted by atomic mass is 127. The molecule has 2 fully saturated rings. The third kappa shape index (κ3) is 6.01. The van der Waals surface area contributed by atoms with Crippen molar-refractivity contribution in [2.75, 3.05) is 26.2 Å². The van der Waals surface area contributed by atoms with Gasteiger partial charge in [-0.2, -0.15) is 0 Å². The minimum Gasteiger partial charge on any atom is -0.357 e. The molecule has 144 valence electrons. The smallest absolute Gasteiger partial charge is 0.223 e. The molecule has 1 aromatic rings. The first-order valence-electron chi connectivity index (χ1n) is 9.19. The Balaban J connectivity index is 0.00000243. The van der Waals surface area contributed by atoms with Crippen LogP contribution in [0.3, 0.4) is 0 Å². The molecular weight excluding hydrogens is 463 g/mol. The molecule has 2 aliphatic rings. The Kier molecular flexibility index (Phi) is 8.01. The molecule has 2 saturated carbocycles. The highest BCUT2D eigenvalue weighted by Gasteiger charge is 2.44. The number of carbonyl (C=O) groups excluding carboxylic acids is 1. The van der Waals surface area contributed by atoms with E-state index in [0.29, 0.717) is 13.1 Å². The summed E-state index contributed by atoms with van der Waals surface area (Å²) in [7, 11) is 0. The summed E-state index contributed by atoms with van der Waals surface area (Å²) >= 11 is 6.13. The number of carbonyl (C=O) groups is 1. The summed E-state index contributed by atoms with van der Waals surface area (Å²) < 4.78 is 0. The molecule has 3 rings (SSSR count). The lowest BCUT2D eigenvalue weighted by molar-refractivity contribution is -0.122. The number of aliphatic imine (C=N–C) groups is 1. The van der Waals surface area contributed by atoms with Crippen LogP contribution >= 0.6 is 35.6 Å². The Labute approximate surface area is 177 Å². The van der Waals surface area contributed by atoms with Gasteiger partial charge in [0.05, 0.1) is 6.54 Å². The summed E-state index contributed by atoms with van der Waals surface area (Å²) in [5.41, 5.74) is 1.41. The second-order valence-corrected chi connectivity index (χ2v) is 7.41. The first-order chi connectivity index (χ1) is 12.1. The van der Waals surface area contributed by atoms with Gasteiger partial charge in [0.1, 0.15) is 0 Å². The number of benzene rings is 1. The second kappa shape index (κ2) is 9.78. The van der Waals surface area contributed by atoms with E-state index in [1.807, 2.05) is 12.1 Å². The molecule has 0 atom stereocenters. The fourth-order valence-corrected chi connectivity index (χ4v) is 3.13. The van der Waals surface area contributed by atoms with Crippen LogP contribution in [-0.4, -0.2) is 38.0 Å². The first-order valence-corrected chi connectivity index (χ1v) is 9.57. The van der Waals surface area contributed by atoms with Gasteiger partial charge in [0.2, 0.25) is 5.91 Å². The third-order valence-corrected chi connectivity index (χ3v) is 5.07. The van der Waals surface area contributed by atoms with E-state index in [-0.39, 0.29) is 41.2 Å². The molecule has 1 aromatic carbocycles. The van der Waals surface area contributed by atoms with Gasteiger partial charge in [-0.25, -0.2) is 0 Å². The summed E-state index contributed by atoms with van der Waals surface area (Å²) in [5, 5.41) is 10.3. The zero-order valence-corrected chi connectivity index (χ0v) is 18.3. The van der Waals surface area contributed by atoms with Gasteiger partial charge < -0.3 is 16.0 Å². The molecular formula is C19H28ClIN4O. The van der Waals surface area contributed by atoms with Crippen LogP contribution < -0.4 is 16.0 Å². The zero-order chi connectivity index (χ0) is 17.7. The summed E-state index contributed by atoms with van der Waals surface area (Å²) in [6.07, 6.45) is 4.37. The number of hydrogen-bond acceptors (Lipinski definition) is 2. The van der Waals surface area contributed by atoms with E-state index in [4.69, 9.17) is 16.6 Å². The van der Waals surface area contributed by atoms with Crippen LogP contribution in [0, 0.1) is 5.92 Å². The van der Waals surface area contributed by atoms with Crippen molar-refractivity contribution in [1.82, 2.24) is 16.0 Å². The van der Waals surface area contributed by atoms with E-state index in [1.165, 1.54) is 5.56 Å². The van der Waals surface area contributed by atoms with Crippen molar-refractivity contribution >= 4 is 47.4 Å². The molecule has 1 amide bonds. The average molecular weight is 491 g/mol. The van der Waals surface area contributed by atoms with Gasteiger partial charge in [-0.1, -0.05) is 23.7 Å². The number of halogens is 2. The fraction of sp³-hybridized carbons (Fsp3) is 0.579. The number of amides is 1. The molecule has 3 N–H and O–H groups in total. The lowest BCUT2D eigenvalue weighted by Gasteiger charge is -2.16. The van der Waals surface area contributed by atoms with Gasteiger partial charge in [-0.05, 0) is 50.3 Å². The second-order valence-electron chi connectivity index (χ2n) is 6.98.